The third-order valence-corrected chi connectivity index (χ3v) is 17.4. The number of H-pyrrole nitrogens is 1. The number of aromatic carboxylic acids is 2. The SMILES string of the molecule is CC(C)CCON=O.CCOC(=O)CC(C)Br.COc1ccc(N)c(C)c1.COc1ccc(NC(C)=O)c(C)c1.COc1ccc2[nH]ncc2c1.COc1ccc2c(cnn2C(C)CC(=O)O)c1.COc1ccc2nn(C(C)CC(=O)Nc3ccccc3C(=O)O)cc2c1.COc1ccc2nn(C(C)CC(=O)O)cc2c1.Nc1ccccc1C(=O)O. The Kier molecular flexibility index (Phi) is 42.9. The van der Waals surface area contributed by atoms with Crippen LogP contribution in [-0.4, -0.2) is 162 Å². The Bertz CT molecular complexity index is 5290. The van der Waals surface area contributed by atoms with Crippen molar-refractivity contribution in [2.45, 2.75) is 124 Å². The molecule has 33 nitrogen and oxygen atoms in total. The number of amides is 2. The van der Waals surface area contributed by atoms with Gasteiger partial charge in [0.25, 0.3) is 0 Å². The second-order valence-electron chi connectivity index (χ2n) is 27.1. The van der Waals surface area contributed by atoms with Gasteiger partial charge in [-0.15, -0.1) is 4.91 Å². The molecule has 0 spiro atoms. The van der Waals surface area contributed by atoms with Gasteiger partial charge in [-0.1, -0.05) is 61.0 Å². The minimum absolute atomic E-state index is 0.0583. The summed E-state index contributed by atoms with van der Waals surface area (Å²) in [6, 6.07) is 45.9. The topological polar surface area (TPSA) is 462 Å². The van der Waals surface area contributed by atoms with E-state index in [1.165, 1.54) is 19.1 Å². The predicted octanol–water partition coefficient (Wildman–Crippen LogP) is 17.0. The molecule has 4 heterocycles. The van der Waals surface area contributed by atoms with Crippen molar-refractivity contribution in [3.63, 3.8) is 0 Å². The summed E-state index contributed by atoms with van der Waals surface area (Å²) in [6.45, 7) is 19.7. The summed E-state index contributed by atoms with van der Waals surface area (Å²) in [5.41, 5.74) is 19.0. The molecule has 648 valence electrons. The van der Waals surface area contributed by atoms with E-state index >= 15 is 0 Å². The third-order valence-electron chi connectivity index (χ3n) is 17.1. The van der Waals surface area contributed by atoms with Crippen molar-refractivity contribution in [2.75, 3.05) is 78.0 Å². The number of aromatic nitrogens is 8. The Morgan fingerprint density at radius 1 is 0.521 bits per heavy atom. The lowest BCUT2D eigenvalue weighted by atomic mass is 10.1. The summed E-state index contributed by atoms with van der Waals surface area (Å²) in [5.74, 6) is 1.18. The van der Waals surface area contributed by atoms with Crippen molar-refractivity contribution >= 4 is 124 Å². The first-order valence-electron chi connectivity index (χ1n) is 37.9. The van der Waals surface area contributed by atoms with Crippen LogP contribution in [0.2, 0.25) is 0 Å². The number of carbonyl (C=O) groups excluding carboxylic acids is 3. The molecular formula is C87H108BrN13O20. The Labute approximate surface area is 709 Å². The maximum Gasteiger partial charge on any atom is 0.337 e. The Morgan fingerprint density at radius 3 is 1.47 bits per heavy atom. The monoisotopic (exact) mass is 1730 g/mol. The van der Waals surface area contributed by atoms with Crippen LogP contribution in [0.1, 0.15) is 137 Å². The number of hydrogen-bond donors (Lipinski definition) is 9. The standard InChI is InChI=1S/C19H19N3O4.2C12H14N2O3.C10H13NO2.C8H8N2O.C8H11NO.C7H7NO2.C6H11BrO2.C5H11NO2/c1-12(22-11-13-10-14(26-2)7-8-16(13)21-22)9-18(23)20-17-6-4-3-5-15(17)19(24)25;1-8(5-12(15)16)14-7-9-6-10(17-2)3-4-11(9)13-14;1-8(5-12(15)16)14-11-4-3-10(17-2)6-9(11)7-13-14;1-7-6-9(13-3)4-5-10(7)11-8(2)12;1-11-7-2-3-8-6(4-7)5-9-10-8;1-6-5-7(10-2)3-4-8(6)9;8-6-4-2-1-3-5(6)7(9)10;1-3-9-6(8)4-5(2)7;1-5(2)3-4-8-6-7/h3-8,10-12H,9H2,1-2H3,(H,20,23)(H,24,25);2*3-4,6-8H,5H2,1-2H3,(H,15,16);4-6H,1-3H3,(H,11,12);2-5H,1H3,(H,9,10);3-5H,9H2,1-2H3;1-4H,8H2,(H,9,10);5H,3-4H2,1-2H3;5H,3-4H2,1-2H3. The van der Waals surface area contributed by atoms with Gasteiger partial charge in [0, 0.05) is 69.2 Å². The van der Waals surface area contributed by atoms with E-state index in [9.17, 15) is 43.6 Å². The van der Waals surface area contributed by atoms with Crippen LogP contribution in [0.25, 0.3) is 43.6 Å². The number of ether oxygens (including phenoxy) is 7. The van der Waals surface area contributed by atoms with Gasteiger partial charge in [-0.2, -0.15) is 20.4 Å². The lowest BCUT2D eigenvalue weighted by molar-refractivity contribution is -0.143. The largest absolute Gasteiger partial charge is 0.497 e. The number of rotatable bonds is 26. The molecule has 121 heavy (non-hydrogen) atoms. The number of alkyl halides is 1. The molecule has 0 radical (unpaired) electrons. The summed E-state index contributed by atoms with van der Waals surface area (Å²) in [4.78, 5) is 90.3. The van der Waals surface area contributed by atoms with Crippen LogP contribution < -0.4 is 50.5 Å². The van der Waals surface area contributed by atoms with Crippen LogP contribution in [0.15, 0.2) is 188 Å². The second-order valence-corrected chi connectivity index (χ2v) is 28.7. The predicted molar refractivity (Wildman–Crippen MR) is 470 cm³/mol. The maximum atomic E-state index is 12.3. The molecule has 4 atom stereocenters. The minimum atomic E-state index is -1.08. The van der Waals surface area contributed by atoms with Crippen molar-refractivity contribution < 1.29 is 92.0 Å². The number of carboxylic acids is 4. The highest BCUT2D eigenvalue weighted by Crippen LogP contribution is 2.28. The van der Waals surface area contributed by atoms with Crippen LogP contribution in [0.5, 0.6) is 34.5 Å². The van der Waals surface area contributed by atoms with Crippen molar-refractivity contribution in [2.24, 2.45) is 11.3 Å². The summed E-state index contributed by atoms with van der Waals surface area (Å²) >= 11 is 3.24. The molecule has 0 aliphatic carbocycles. The Morgan fingerprint density at radius 2 is 0.992 bits per heavy atom. The van der Waals surface area contributed by atoms with Crippen LogP contribution in [0.3, 0.4) is 0 Å². The number of carboxylic acid groups (broad SMARTS) is 4. The number of nitrogens with two attached hydrogens (primary N) is 2. The van der Waals surface area contributed by atoms with Gasteiger partial charge >= 0.3 is 29.8 Å². The number of nitrogens with zero attached hydrogens (tertiary/aromatic N) is 8. The Balaban J connectivity index is 0.000000294. The van der Waals surface area contributed by atoms with E-state index in [1.54, 1.807) is 112 Å². The number of aliphatic carboxylic acids is 2. The molecule has 12 aromatic rings. The lowest BCUT2D eigenvalue weighted by Gasteiger charge is -2.13. The van der Waals surface area contributed by atoms with Gasteiger partial charge in [-0.05, 0) is 198 Å². The molecule has 0 fully saturated rings. The van der Waals surface area contributed by atoms with Gasteiger partial charge in [0.05, 0.1) is 138 Å². The number of carbonyl (C=O) groups is 7. The fourth-order valence-electron chi connectivity index (χ4n) is 10.7. The van der Waals surface area contributed by atoms with E-state index in [-0.39, 0.29) is 76.8 Å². The highest BCUT2D eigenvalue weighted by molar-refractivity contribution is 9.09. The number of methoxy groups -OCH3 is 6. The first-order chi connectivity index (χ1) is 57.6. The van der Waals surface area contributed by atoms with E-state index in [2.05, 4.69) is 80.8 Å². The van der Waals surface area contributed by atoms with Crippen LogP contribution in [0.4, 0.5) is 22.7 Å². The smallest absolute Gasteiger partial charge is 0.337 e. The Hall–Kier alpha value is -13.8. The summed E-state index contributed by atoms with van der Waals surface area (Å²) in [6.07, 6.45) is 8.83. The fourth-order valence-corrected chi connectivity index (χ4v) is 10.9. The van der Waals surface area contributed by atoms with Crippen LogP contribution >= 0.6 is 15.9 Å². The number of aromatic amines is 1. The molecule has 4 unspecified atom stereocenters. The summed E-state index contributed by atoms with van der Waals surface area (Å²) in [5, 5.41) is 66.5. The molecule has 0 saturated heterocycles. The van der Waals surface area contributed by atoms with Crippen molar-refractivity contribution in [3.8, 4) is 34.5 Å². The average molecular weight is 1740 g/mol. The number of para-hydroxylation sites is 2. The zero-order valence-corrected chi connectivity index (χ0v) is 72.2. The average Bonchev–Trinajstić information content (AvgIpc) is 1.67. The van der Waals surface area contributed by atoms with Crippen molar-refractivity contribution in [1.29, 1.82) is 0 Å². The maximum absolute atomic E-state index is 12.3. The number of nitrogen functional groups attached to an aromatic ring is 2. The number of aryl methyl sites for hydroxylation is 2. The van der Waals surface area contributed by atoms with Crippen LogP contribution in [0, 0.1) is 24.7 Å². The molecule has 0 saturated carbocycles. The first kappa shape index (κ1) is 99.6. The fraction of sp³-hybridized carbons (Fsp3) is 0.322. The molecule has 2 amide bonds. The number of hydrogen-bond acceptors (Lipinski definition) is 23. The molecule has 0 aliphatic rings. The van der Waals surface area contributed by atoms with Gasteiger partial charge in [0.1, 0.15) is 41.1 Å². The quantitative estimate of drug-likeness (QED) is 0.00607. The number of benzene rings is 8. The first-order valence-corrected chi connectivity index (χ1v) is 38.8. The van der Waals surface area contributed by atoms with Gasteiger partial charge in [0.2, 0.25) is 11.8 Å². The van der Waals surface area contributed by atoms with Gasteiger partial charge in [-0.25, -0.2) is 9.59 Å². The third kappa shape index (κ3) is 35.1. The molecule has 4 aromatic heterocycles. The van der Waals surface area contributed by atoms with Crippen molar-refractivity contribution in [1.82, 2.24) is 39.5 Å². The second kappa shape index (κ2) is 52.1. The molecule has 12 rings (SSSR count). The molecule has 11 N–H and O–H groups in total. The van der Waals surface area contributed by atoms with Gasteiger partial charge < -0.3 is 80.5 Å². The molecule has 0 bridgehead atoms. The highest BCUT2D eigenvalue weighted by atomic mass is 79.9. The van der Waals surface area contributed by atoms with E-state index in [0.29, 0.717) is 31.2 Å². The number of fused-ring (bicyclic) bond motifs is 4. The van der Waals surface area contributed by atoms with E-state index in [0.717, 1.165) is 107 Å². The van der Waals surface area contributed by atoms with E-state index in [4.69, 9.17) is 55.2 Å². The highest BCUT2D eigenvalue weighted by Gasteiger charge is 2.19. The zero-order chi connectivity index (χ0) is 89.8. The van der Waals surface area contributed by atoms with Crippen LogP contribution in [-0.2, 0) is 33.5 Å². The van der Waals surface area contributed by atoms with Gasteiger partial charge in [-0.3, -0.25) is 43.1 Å². The molecule has 34 heteroatoms. The number of anilines is 4. The zero-order valence-electron chi connectivity index (χ0n) is 70.6. The number of esters is 1. The molecule has 8 aromatic carbocycles. The van der Waals surface area contributed by atoms with E-state index in [1.807, 2.05) is 163 Å². The number of nitrogens with one attached hydrogen (secondary N) is 3. The molecular weight excluding hydrogens is 1630 g/mol. The minimum Gasteiger partial charge on any atom is -0.497 e. The lowest BCUT2D eigenvalue weighted by Crippen LogP contribution is -2.19. The van der Waals surface area contributed by atoms with Gasteiger partial charge in [0.15, 0.2) is 5.34 Å². The van der Waals surface area contributed by atoms with Crippen molar-refractivity contribution in [3.05, 3.63) is 210 Å². The summed E-state index contributed by atoms with van der Waals surface area (Å²) < 4.78 is 40.4. The van der Waals surface area contributed by atoms with E-state index < -0.39 is 23.9 Å². The number of halogens is 1. The molecule has 0 aliphatic heterocycles. The summed E-state index contributed by atoms with van der Waals surface area (Å²) in [7, 11) is 9.74. The normalized spacial score (nSPS) is 11.2.